The average Bonchev–Trinajstić information content (AvgIpc) is 3.24. The van der Waals surface area contributed by atoms with Crippen molar-refractivity contribution in [3.63, 3.8) is 0 Å². The lowest BCUT2D eigenvalue weighted by molar-refractivity contribution is 0.234. The summed E-state index contributed by atoms with van der Waals surface area (Å²) in [5.74, 6) is 0.685. The predicted molar refractivity (Wildman–Crippen MR) is 96.1 cm³/mol. The van der Waals surface area contributed by atoms with Gasteiger partial charge in [0.15, 0.2) is 5.65 Å². The molecule has 4 aromatic heterocycles. The monoisotopic (exact) mass is 355 g/mol. The van der Waals surface area contributed by atoms with E-state index in [0.29, 0.717) is 22.9 Å². The number of rotatable bonds is 5. The van der Waals surface area contributed by atoms with Crippen molar-refractivity contribution < 1.29 is 9.13 Å². The summed E-state index contributed by atoms with van der Waals surface area (Å²) < 4.78 is 20.9. The highest BCUT2D eigenvalue weighted by Gasteiger charge is 2.19. The first kappa shape index (κ1) is 16.2. The molecule has 0 aromatic carbocycles. The second-order valence-electron chi connectivity index (χ2n) is 6.50. The Bertz CT molecular complexity index is 1080. The van der Waals surface area contributed by atoms with E-state index in [4.69, 9.17) is 4.74 Å². The number of aromatic amines is 1. The Labute approximate surface area is 148 Å². The van der Waals surface area contributed by atoms with Gasteiger partial charge < -0.3 is 15.0 Å². The Hall–Kier alpha value is -3.23. The molecule has 2 N–H and O–H groups in total. The molecule has 0 aliphatic heterocycles. The second-order valence-corrected chi connectivity index (χ2v) is 6.50. The minimum absolute atomic E-state index is 0.0913. The summed E-state index contributed by atoms with van der Waals surface area (Å²) in [7, 11) is 1.54. The Morgan fingerprint density at radius 3 is 2.92 bits per heavy atom. The van der Waals surface area contributed by atoms with Gasteiger partial charge in [-0.3, -0.25) is 0 Å². The second kappa shape index (κ2) is 5.94. The van der Waals surface area contributed by atoms with Crippen molar-refractivity contribution >= 4 is 22.6 Å². The standard InChI is InChI=1S/C17H18FN7O/c1-17(2,18)9-21-16-22-14-13(15(23-16)26-3)10(8-20-14)11-4-5-12-19-6-7-25(12)24-11/h4-8H,9H2,1-3H3,(H2,20,21,22,23). The van der Waals surface area contributed by atoms with Crippen LogP contribution in [0, 0.1) is 0 Å². The van der Waals surface area contributed by atoms with E-state index in [-0.39, 0.29) is 6.54 Å². The number of aromatic nitrogens is 6. The molecular formula is C17H18FN7O. The zero-order valence-corrected chi connectivity index (χ0v) is 14.6. The molecule has 8 nitrogen and oxygen atoms in total. The van der Waals surface area contributed by atoms with E-state index in [1.54, 1.807) is 23.1 Å². The van der Waals surface area contributed by atoms with Gasteiger partial charge in [0.1, 0.15) is 11.3 Å². The number of alkyl halides is 1. The molecule has 0 aliphatic carbocycles. The van der Waals surface area contributed by atoms with Crippen LogP contribution in [0.25, 0.3) is 27.9 Å². The minimum atomic E-state index is -1.38. The molecule has 4 rings (SSSR count). The average molecular weight is 355 g/mol. The van der Waals surface area contributed by atoms with Crippen LogP contribution in [0.4, 0.5) is 10.3 Å². The molecule has 0 amide bonds. The van der Waals surface area contributed by atoms with Gasteiger partial charge in [-0.25, -0.2) is 13.9 Å². The number of fused-ring (bicyclic) bond motifs is 2. The number of halogens is 1. The largest absolute Gasteiger partial charge is 0.480 e. The van der Waals surface area contributed by atoms with Crippen LogP contribution in [0.3, 0.4) is 0 Å². The fraction of sp³-hybridized carbons (Fsp3) is 0.294. The normalized spacial score (nSPS) is 12.0. The van der Waals surface area contributed by atoms with E-state index in [9.17, 15) is 4.39 Å². The van der Waals surface area contributed by atoms with Crippen LogP contribution >= 0.6 is 0 Å². The van der Waals surface area contributed by atoms with Crippen molar-refractivity contribution in [2.24, 2.45) is 0 Å². The van der Waals surface area contributed by atoms with Crippen molar-refractivity contribution in [2.75, 3.05) is 19.0 Å². The predicted octanol–water partition coefficient (Wildman–Crippen LogP) is 2.84. The topological polar surface area (TPSA) is 93.0 Å². The van der Waals surface area contributed by atoms with Crippen LogP contribution in [0.2, 0.25) is 0 Å². The number of nitrogens with one attached hydrogen (secondary N) is 2. The van der Waals surface area contributed by atoms with E-state index >= 15 is 0 Å². The number of methoxy groups -OCH3 is 1. The van der Waals surface area contributed by atoms with Gasteiger partial charge in [-0.1, -0.05) is 0 Å². The molecule has 0 fully saturated rings. The van der Waals surface area contributed by atoms with Gasteiger partial charge in [0.2, 0.25) is 11.8 Å². The molecule has 0 saturated heterocycles. The van der Waals surface area contributed by atoms with Gasteiger partial charge >= 0.3 is 0 Å². The van der Waals surface area contributed by atoms with Crippen molar-refractivity contribution in [1.82, 2.24) is 29.5 Å². The van der Waals surface area contributed by atoms with E-state index in [2.05, 4.69) is 30.4 Å². The molecule has 0 aliphatic rings. The van der Waals surface area contributed by atoms with Crippen LogP contribution in [0.5, 0.6) is 5.88 Å². The summed E-state index contributed by atoms with van der Waals surface area (Å²) in [6, 6.07) is 3.76. The van der Waals surface area contributed by atoms with Crippen molar-refractivity contribution in [1.29, 1.82) is 0 Å². The molecular weight excluding hydrogens is 337 g/mol. The Balaban J connectivity index is 1.79. The lowest BCUT2D eigenvalue weighted by Gasteiger charge is -2.15. The fourth-order valence-corrected chi connectivity index (χ4v) is 2.68. The highest BCUT2D eigenvalue weighted by Crippen LogP contribution is 2.33. The molecule has 134 valence electrons. The van der Waals surface area contributed by atoms with E-state index in [1.807, 2.05) is 12.1 Å². The maximum atomic E-state index is 13.7. The molecule has 26 heavy (non-hydrogen) atoms. The lowest BCUT2D eigenvalue weighted by Crippen LogP contribution is -2.25. The number of H-pyrrole nitrogens is 1. The number of anilines is 1. The first-order valence-corrected chi connectivity index (χ1v) is 8.11. The summed E-state index contributed by atoms with van der Waals surface area (Å²) in [6.45, 7) is 3.06. The molecule has 4 aromatic rings. The molecule has 4 heterocycles. The zero-order chi connectivity index (χ0) is 18.3. The minimum Gasteiger partial charge on any atom is -0.480 e. The molecule has 0 bridgehead atoms. The number of ether oxygens (including phenoxy) is 1. The fourth-order valence-electron chi connectivity index (χ4n) is 2.68. The van der Waals surface area contributed by atoms with Gasteiger partial charge in [-0.2, -0.15) is 15.1 Å². The van der Waals surface area contributed by atoms with Gasteiger partial charge in [0.05, 0.1) is 24.7 Å². The Kier molecular flexibility index (Phi) is 3.71. The van der Waals surface area contributed by atoms with Gasteiger partial charge in [0.25, 0.3) is 0 Å². The van der Waals surface area contributed by atoms with Gasteiger partial charge in [-0.05, 0) is 26.0 Å². The Morgan fingerprint density at radius 1 is 1.31 bits per heavy atom. The molecule has 0 saturated carbocycles. The third-order valence-corrected chi connectivity index (χ3v) is 3.89. The summed E-state index contributed by atoms with van der Waals surface area (Å²) in [5.41, 5.74) is 1.51. The molecule has 9 heteroatoms. The number of imidazole rings is 1. The van der Waals surface area contributed by atoms with Crippen LogP contribution in [-0.2, 0) is 0 Å². The molecule has 0 unspecified atom stereocenters. The third-order valence-electron chi connectivity index (χ3n) is 3.89. The van der Waals surface area contributed by atoms with Gasteiger partial charge in [-0.15, -0.1) is 0 Å². The van der Waals surface area contributed by atoms with Crippen molar-refractivity contribution in [3.8, 4) is 17.1 Å². The summed E-state index contributed by atoms with van der Waals surface area (Å²) in [4.78, 5) is 16.1. The van der Waals surface area contributed by atoms with E-state index in [0.717, 1.165) is 16.9 Å². The Morgan fingerprint density at radius 2 is 2.15 bits per heavy atom. The van der Waals surface area contributed by atoms with Gasteiger partial charge in [0, 0.05) is 24.2 Å². The summed E-state index contributed by atoms with van der Waals surface area (Å²) in [5, 5.41) is 8.16. The van der Waals surface area contributed by atoms with Crippen molar-refractivity contribution in [2.45, 2.75) is 19.5 Å². The van der Waals surface area contributed by atoms with Crippen LogP contribution in [0.1, 0.15) is 13.8 Å². The SMILES string of the molecule is COc1nc(NCC(C)(C)F)nc2[nH]cc(-c3ccc4nccn4n3)c12. The summed E-state index contributed by atoms with van der Waals surface area (Å²) >= 11 is 0. The maximum Gasteiger partial charge on any atom is 0.228 e. The quantitative estimate of drug-likeness (QED) is 0.572. The zero-order valence-electron chi connectivity index (χ0n) is 14.6. The molecule has 0 radical (unpaired) electrons. The number of hydrogen-bond acceptors (Lipinski definition) is 6. The highest BCUT2D eigenvalue weighted by molar-refractivity contribution is 5.96. The maximum absolute atomic E-state index is 13.7. The molecule has 0 atom stereocenters. The van der Waals surface area contributed by atoms with Crippen LogP contribution in [-0.4, -0.2) is 48.9 Å². The first-order valence-electron chi connectivity index (χ1n) is 8.11. The smallest absolute Gasteiger partial charge is 0.228 e. The lowest BCUT2D eigenvalue weighted by atomic mass is 10.1. The third kappa shape index (κ3) is 2.92. The van der Waals surface area contributed by atoms with E-state index in [1.165, 1.54) is 21.0 Å². The number of hydrogen-bond donors (Lipinski definition) is 2. The number of nitrogens with zero attached hydrogens (tertiary/aromatic N) is 5. The first-order chi connectivity index (χ1) is 12.4. The highest BCUT2D eigenvalue weighted by atomic mass is 19.1. The molecule has 0 spiro atoms. The van der Waals surface area contributed by atoms with E-state index < -0.39 is 5.67 Å². The van der Waals surface area contributed by atoms with Crippen molar-refractivity contribution in [3.05, 3.63) is 30.7 Å². The van der Waals surface area contributed by atoms with Crippen LogP contribution < -0.4 is 10.1 Å². The summed E-state index contributed by atoms with van der Waals surface area (Å²) in [6.07, 6.45) is 5.27. The van der Waals surface area contributed by atoms with Crippen LogP contribution in [0.15, 0.2) is 30.7 Å².